The van der Waals surface area contributed by atoms with Crippen LogP contribution >= 0.6 is 0 Å². The zero-order valence-electron chi connectivity index (χ0n) is 19.5. The Bertz CT molecular complexity index is 1240. The molecule has 1 saturated heterocycles. The molecule has 9 nitrogen and oxygen atoms in total. The summed E-state index contributed by atoms with van der Waals surface area (Å²) >= 11 is 0. The van der Waals surface area contributed by atoms with Crippen LogP contribution in [0.15, 0.2) is 48.5 Å². The van der Waals surface area contributed by atoms with Crippen LogP contribution in [0, 0.1) is 5.92 Å². The minimum atomic E-state index is -4.00. The van der Waals surface area contributed by atoms with E-state index in [1.54, 1.807) is 18.2 Å². The van der Waals surface area contributed by atoms with Crippen LogP contribution in [-0.2, 0) is 38.1 Å². The van der Waals surface area contributed by atoms with Gasteiger partial charge in [0, 0.05) is 6.54 Å². The summed E-state index contributed by atoms with van der Waals surface area (Å²) in [5.74, 6) is 0.0646. The van der Waals surface area contributed by atoms with Gasteiger partial charge in [-0.15, -0.1) is 0 Å². The minimum Gasteiger partial charge on any atom is -0.487 e. The molecular weight excluding hydrogens is 490 g/mol. The van der Waals surface area contributed by atoms with Crippen molar-refractivity contribution in [1.82, 2.24) is 9.44 Å². The highest BCUT2D eigenvalue weighted by Gasteiger charge is 2.35. The van der Waals surface area contributed by atoms with Gasteiger partial charge >= 0.3 is 10.2 Å². The number of benzene rings is 2. The maximum absolute atomic E-state index is 12.5. The van der Waals surface area contributed by atoms with Gasteiger partial charge in [0.05, 0.1) is 11.4 Å². The van der Waals surface area contributed by atoms with Crippen LogP contribution in [0.25, 0.3) is 0 Å². The van der Waals surface area contributed by atoms with E-state index in [2.05, 4.69) is 4.72 Å². The lowest BCUT2D eigenvalue weighted by molar-refractivity contribution is -0.117. The van der Waals surface area contributed by atoms with Crippen molar-refractivity contribution < 1.29 is 26.4 Å². The van der Waals surface area contributed by atoms with Crippen molar-refractivity contribution in [2.24, 2.45) is 5.92 Å². The molecule has 2 aromatic carbocycles. The molecule has 0 unspecified atom stereocenters. The Labute approximate surface area is 207 Å². The average molecular weight is 522 g/mol. The van der Waals surface area contributed by atoms with E-state index < -0.39 is 26.1 Å². The fourth-order valence-electron chi connectivity index (χ4n) is 4.51. The number of hydrogen-bond donors (Lipinski definition) is 2. The van der Waals surface area contributed by atoms with E-state index in [0.717, 1.165) is 41.1 Å². The summed E-state index contributed by atoms with van der Waals surface area (Å²) in [6, 6.07) is 14.4. The van der Waals surface area contributed by atoms with E-state index in [4.69, 9.17) is 4.74 Å². The Morgan fingerprint density at radius 1 is 1.03 bits per heavy atom. The van der Waals surface area contributed by atoms with E-state index in [1.807, 2.05) is 35.1 Å². The molecule has 1 amide bonds. The predicted octanol–water partition coefficient (Wildman–Crippen LogP) is 2.49. The Morgan fingerprint density at radius 2 is 1.77 bits per heavy atom. The molecule has 1 aliphatic carbocycles. The maximum Gasteiger partial charge on any atom is 0.326 e. The molecule has 35 heavy (non-hydrogen) atoms. The van der Waals surface area contributed by atoms with Gasteiger partial charge < -0.3 is 4.74 Å². The number of sulfonamides is 1. The van der Waals surface area contributed by atoms with Gasteiger partial charge in [0.1, 0.15) is 18.9 Å². The first kappa shape index (κ1) is 25.5. The van der Waals surface area contributed by atoms with Gasteiger partial charge in [-0.05, 0) is 48.4 Å². The second-order valence-corrected chi connectivity index (χ2v) is 12.5. The van der Waals surface area contributed by atoms with Gasteiger partial charge in [0.2, 0.25) is 10.0 Å². The standard InChI is InChI=1S/C24H31N3O6S2/c28-24-16-27(35(31,32)26-24)22-12-11-19(15-23(22)33-17-20-7-3-1-4-8-20)13-14-25-34(29,30)18-21-9-5-2-6-10-21/h1,3-4,7-8,11-12,15,21,25H,2,5-6,9-10,13-14,16-18H2,(H,26,28). The molecule has 2 aromatic rings. The van der Waals surface area contributed by atoms with E-state index >= 15 is 0 Å². The van der Waals surface area contributed by atoms with Crippen molar-refractivity contribution in [2.75, 3.05) is 23.1 Å². The van der Waals surface area contributed by atoms with E-state index in [9.17, 15) is 21.6 Å². The van der Waals surface area contributed by atoms with Crippen molar-refractivity contribution in [3.8, 4) is 5.75 Å². The van der Waals surface area contributed by atoms with Gasteiger partial charge in [-0.1, -0.05) is 55.7 Å². The van der Waals surface area contributed by atoms with Gasteiger partial charge in [-0.25, -0.2) is 22.2 Å². The summed E-state index contributed by atoms with van der Waals surface area (Å²) in [7, 11) is -7.36. The lowest BCUT2D eigenvalue weighted by Gasteiger charge is -2.21. The number of ether oxygens (including phenoxy) is 1. The first-order valence-corrected chi connectivity index (χ1v) is 14.9. The zero-order valence-corrected chi connectivity index (χ0v) is 21.1. The molecular formula is C24H31N3O6S2. The molecule has 11 heteroatoms. The minimum absolute atomic E-state index is 0.158. The summed E-state index contributed by atoms with van der Waals surface area (Å²) < 4.78 is 61.4. The number of nitrogens with one attached hydrogen (secondary N) is 2. The first-order valence-electron chi connectivity index (χ1n) is 11.8. The third-order valence-electron chi connectivity index (χ3n) is 6.27. The van der Waals surface area contributed by atoms with Crippen LogP contribution in [0.5, 0.6) is 5.75 Å². The molecule has 4 rings (SSSR count). The highest BCUT2D eigenvalue weighted by Crippen LogP contribution is 2.33. The number of amides is 1. The van der Waals surface area contributed by atoms with Crippen LogP contribution in [-0.4, -0.2) is 41.6 Å². The SMILES string of the molecule is O=C1CN(c2ccc(CCNS(=O)(=O)CC3CCCCC3)cc2OCc2ccccc2)S(=O)(=O)N1. The van der Waals surface area contributed by atoms with Crippen LogP contribution in [0.1, 0.15) is 43.2 Å². The normalized spacial score (nSPS) is 18.4. The molecule has 0 spiro atoms. The monoisotopic (exact) mass is 521 g/mol. The van der Waals surface area contributed by atoms with Gasteiger partial charge in [-0.3, -0.25) is 4.79 Å². The number of rotatable bonds is 10. The summed E-state index contributed by atoms with van der Waals surface area (Å²) in [5.41, 5.74) is 1.94. The molecule has 0 radical (unpaired) electrons. The Hall–Kier alpha value is -2.63. The summed E-state index contributed by atoms with van der Waals surface area (Å²) in [6.07, 6.45) is 5.69. The third-order valence-corrected chi connectivity index (χ3v) is 9.21. The van der Waals surface area contributed by atoms with Crippen molar-refractivity contribution in [1.29, 1.82) is 0 Å². The Morgan fingerprint density at radius 3 is 2.46 bits per heavy atom. The topological polar surface area (TPSA) is 122 Å². The van der Waals surface area contributed by atoms with Crippen molar-refractivity contribution in [2.45, 2.75) is 45.1 Å². The number of carbonyl (C=O) groups excluding carboxylic acids is 1. The first-order chi connectivity index (χ1) is 16.7. The summed E-state index contributed by atoms with van der Waals surface area (Å²) in [5, 5.41) is 0. The summed E-state index contributed by atoms with van der Waals surface area (Å²) in [6.45, 7) is 0.111. The number of carbonyl (C=O) groups is 1. The van der Waals surface area contributed by atoms with Crippen LogP contribution in [0.2, 0.25) is 0 Å². The molecule has 1 saturated carbocycles. The molecule has 190 valence electrons. The van der Waals surface area contributed by atoms with Gasteiger partial charge in [0.15, 0.2) is 0 Å². The van der Waals surface area contributed by atoms with E-state index in [1.165, 1.54) is 6.42 Å². The van der Waals surface area contributed by atoms with Crippen LogP contribution in [0.4, 0.5) is 5.69 Å². The quantitative estimate of drug-likeness (QED) is 0.495. The highest BCUT2D eigenvalue weighted by molar-refractivity contribution is 7.92. The van der Waals surface area contributed by atoms with E-state index in [0.29, 0.717) is 12.2 Å². The molecule has 1 heterocycles. The number of anilines is 1. The lowest BCUT2D eigenvalue weighted by atomic mass is 9.91. The fraction of sp³-hybridized carbons (Fsp3) is 0.458. The zero-order chi connectivity index (χ0) is 24.9. The average Bonchev–Trinajstić information content (AvgIpc) is 3.10. The van der Waals surface area contributed by atoms with E-state index in [-0.39, 0.29) is 37.1 Å². The van der Waals surface area contributed by atoms with Crippen LogP contribution < -0.4 is 18.5 Å². The lowest BCUT2D eigenvalue weighted by Crippen LogP contribution is -2.32. The Balaban J connectivity index is 1.46. The molecule has 0 bridgehead atoms. The molecule has 1 aliphatic heterocycles. The smallest absolute Gasteiger partial charge is 0.326 e. The second kappa shape index (κ2) is 11.0. The summed E-state index contributed by atoms with van der Waals surface area (Å²) in [4.78, 5) is 11.7. The van der Waals surface area contributed by atoms with Crippen molar-refractivity contribution in [3.63, 3.8) is 0 Å². The van der Waals surface area contributed by atoms with Crippen molar-refractivity contribution in [3.05, 3.63) is 59.7 Å². The molecule has 2 aliphatic rings. The third kappa shape index (κ3) is 6.96. The van der Waals surface area contributed by atoms with Crippen LogP contribution in [0.3, 0.4) is 0 Å². The van der Waals surface area contributed by atoms with Gasteiger partial charge in [-0.2, -0.15) is 8.42 Å². The van der Waals surface area contributed by atoms with Crippen molar-refractivity contribution >= 4 is 31.8 Å². The Kier molecular flexibility index (Phi) is 7.98. The number of hydrogen-bond acceptors (Lipinski definition) is 6. The highest BCUT2D eigenvalue weighted by atomic mass is 32.2. The van der Waals surface area contributed by atoms with Gasteiger partial charge in [0.25, 0.3) is 5.91 Å². The molecule has 2 fully saturated rings. The fourth-order valence-corrected chi connectivity index (χ4v) is 7.15. The second-order valence-electron chi connectivity index (χ2n) is 9.04. The maximum atomic E-state index is 12.5. The largest absolute Gasteiger partial charge is 0.487 e. The predicted molar refractivity (Wildman–Crippen MR) is 134 cm³/mol. The molecule has 2 N–H and O–H groups in total. The number of nitrogens with zero attached hydrogens (tertiary/aromatic N) is 1. The molecule has 0 aromatic heterocycles. The molecule has 0 atom stereocenters.